The van der Waals surface area contributed by atoms with Gasteiger partial charge in [-0.3, -0.25) is 0 Å². The molecule has 0 bridgehead atoms. The molecule has 1 N–H and O–H groups in total. The molecule has 0 aliphatic carbocycles. The van der Waals surface area contributed by atoms with Gasteiger partial charge in [0.15, 0.2) is 0 Å². The summed E-state index contributed by atoms with van der Waals surface area (Å²) in [4.78, 5) is 4.20. The number of aryl methyl sites for hydroxylation is 2. The molecular formula is C13H16N2O. The Morgan fingerprint density at radius 3 is 2.62 bits per heavy atom. The van der Waals surface area contributed by atoms with E-state index in [1.807, 2.05) is 48.9 Å². The topological polar surface area (TPSA) is 38.0 Å². The Bertz CT molecular complexity index is 459. The van der Waals surface area contributed by atoms with Gasteiger partial charge in [0.1, 0.15) is 11.9 Å². The van der Waals surface area contributed by atoms with Crippen molar-refractivity contribution in [3.05, 3.63) is 53.6 Å². The molecule has 3 heteroatoms. The van der Waals surface area contributed by atoms with Crippen LogP contribution >= 0.6 is 0 Å². The van der Waals surface area contributed by atoms with E-state index in [4.69, 9.17) is 0 Å². The lowest BCUT2D eigenvalue weighted by atomic mass is 10.1. The number of imidazole rings is 1. The van der Waals surface area contributed by atoms with Gasteiger partial charge in [-0.1, -0.05) is 29.8 Å². The largest absolute Gasteiger partial charge is 0.380 e. The highest BCUT2D eigenvalue weighted by atomic mass is 16.3. The van der Waals surface area contributed by atoms with Crippen LogP contribution in [-0.4, -0.2) is 14.7 Å². The Morgan fingerprint density at radius 2 is 2.00 bits per heavy atom. The fourth-order valence-electron chi connectivity index (χ4n) is 1.73. The van der Waals surface area contributed by atoms with Gasteiger partial charge in [-0.25, -0.2) is 4.98 Å². The molecule has 0 saturated carbocycles. The van der Waals surface area contributed by atoms with Crippen molar-refractivity contribution in [3.8, 4) is 0 Å². The maximum atomic E-state index is 10.2. The fourth-order valence-corrected chi connectivity index (χ4v) is 1.73. The second-order valence-corrected chi connectivity index (χ2v) is 3.88. The van der Waals surface area contributed by atoms with Gasteiger partial charge >= 0.3 is 0 Å². The minimum absolute atomic E-state index is 0.643. The average molecular weight is 216 g/mol. The number of aliphatic hydroxyl groups is 1. The van der Waals surface area contributed by atoms with E-state index in [-0.39, 0.29) is 0 Å². The van der Waals surface area contributed by atoms with Crippen molar-refractivity contribution in [2.45, 2.75) is 26.5 Å². The molecular weight excluding hydrogens is 200 g/mol. The van der Waals surface area contributed by atoms with E-state index in [2.05, 4.69) is 4.98 Å². The summed E-state index contributed by atoms with van der Waals surface area (Å²) in [5, 5.41) is 10.2. The van der Waals surface area contributed by atoms with Crippen LogP contribution in [0.15, 0.2) is 36.7 Å². The summed E-state index contributed by atoms with van der Waals surface area (Å²) in [7, 11) is 0. The third kappa shape index (κ3) is 1.99. The van der Waals surface area contributed by atoms with E-state index >= 15 is 0 Å². The fraction of sp³-hybridized carbons (Fsp3) is 0.308. The number of rotatable bonds is 3. The molecule has 1 heterocycles. The highest BCUT2D eigenvalue weighted by Gasteiger charge is 2.14. The zero-order valence-corrected chi connectivity index (χ0v) is 9.59. The van der Waals surface area contributed by atoms with Crippen LogP contribution in [-0.2, 0) is 6.54 Å². The summed E-state index contributed by atoms with van der Waals surface area (Å²) in [6.07, 6.45) is 2.96. The molecule has 2 rings (SSSR count). The van der Waals surface area contributed by atoms with Crippen LogP contribution in [0.25, 0.3) is 0 Å². The van der Waals surface area contributed by atoms with Crippen LogP contribution < -0.4 is 0 Å². The molecule has 0 amide bonds. The van der Waals surface area contributed by atoms with Gasteiger partial charge in [0, 0.05) is 18.9 Å². The smallest absolute Gasteiger partial charge is 0.142 e. The zero-order valence-electron chi connectivity index (χ0n) is 9.59. The molecule has 0 spiro atoms. The quantitative estimate of drug-likeness (QED) is 0.854. The highest BCUT2D eigenvalue weighted by molar-refractivity contribution is 5.26. The van der Waals surface area contributed by atoms with Crippen molar-refractivity contribution in [2.75, 3.05) is 0 Å². The van der Waals surface area contributed by atoms with Gasteiger partial charge in [0.25, 0.3) is 0 Å². The van der Waals surface area contributed by atoms with Crippen molar-refractivity contribution >= 4 is 0 Å². The van der Waals surface area contributed by atoms with Crippen molar-refractivity contribution < 1.29 is 5.11 Å². The second kappa shape index (κ2) is 4.49. The molecule has 0 saturated heterocycles. The molecule has 0 aliphatic heterocycles. The van der Waals surface area contributed by atoms with Crippen LogP contribution in [0.1, 0.15) is 30.0 Å². The third-order valence-electron chi connectivity index (χ3n) is 2.73. The molecule has 84 valence electrons. The van der Waals surface area contributed by atoms with Gasteiger partial charge in [-0.05, 0) is 19.4 Å². The van der Waals surface area contributed by atoms with E-state index in [1.165, 1.54) is 5.56 Å². The number of hydrogen-bond donors (Lipinski definition) is 1. The maximum Gasteiger partial charge on any atom is 0.142 e. The Morgan fingerprint density at radius 1 is 1.31 bits per heavy atom. The van der Waals surface area contributed by atoms with Gasteiger partial charge in [-0.15, -0.1) is 0 Å². The van der Waals surface area contributed by atoms with Crippen LogP contribution in [0.4, 0.5) is 0 Å². The summed E-state index contributed by atoms with van der Waals surface area (Å²) in [6, 6.07) is 7.87. The van der Waals surface area contributed by atoms with Gasteiger partial charge in [0.05, 0.1) is 0 Å². The number of benzene rings is 1. The van der Waals surface area contributed by atoms with E-state index in [0.717, 1.165) is 12.1 Å². The highest BCUT2D eigenvalue weighted by Crippen LogP contribution is 2.20. The van der Waals surface area contributed by atoms with Crippen LogP contribution in [0.2, 0.25) is 0 Å². The SMILES string of the molecule is CCn1ccnc1C(O)c1ccc(C)cc1. The Kier molecular flexibility index (Phi) is 3.06. The molecule has 1 aromatic heterocycles. The number of aromatic nitrogens is 2. The Balaban J connectivity index is 2.31. The predicted molar refractivity (Wildman–Crippen MR) is 63.1 cm³/mol. The molecule has 1 atom stereocenters. The molecule has 1 unspecified atom stereocenters. The number of aliphatic hydroxyl groups excluding tert-OH is 1. The lowest BCUT2D eigenvalue weighted by Crippen LogP contribution is -2.08. The monoisotopic (exact) mass is 216 g/mol. The van der Waals surface area contributed by atoms with E-state index < -0.39 is 6.10 Å². The first-order valence-corrected chi connectivity index (χ1v) is 5.48. The first-order chi connectivity index (χ1) is 7.72. The van der Waals surface area contributed by atoms with Crippen molar-refractivity contribution in [1.82, 2.24) is 9.55 Å². The van der Waals surface area contributed by atoms with Crippen molar-refractivity contribution in [2.24, 2.45) is 0 Å². The molecule has 3 nitrogen and oxygen atoms in total. The minimum atomic E-state index is -0.643. The molecule has 2 aromatic rings. The molecule has 0 aliphatic rings. The summed E-state index contributed by atoms with van der Waals surface area (Å²) >= 11 is 0. The van der Waals surface area contributed by atoms with Crippen LogP contribution in [0, 0.1) is 6.92 Å². The second-order valence-electron chi connectivity index (χ2n) is 3.88. The lowest BCUT2D eigenvalue weighted by Gasteiger charge is -2.12. The summed E-state index contributed by atoms with van der Waals surface area (Å²) < 4.78 is 1.95. The molecule has 16 heavy (non-hydrogen) atoms. The van der Waals surface area contributed by atoms with Crippen molar-refractivity contribution in [1.29, 1.82) is 0 Å². The van der Waals surface area contributed by atoms with Crippen LogP contribution in [0.5, 0.6) is 0 Å². The molecule has 0 radical (unpaired) electrons. The summed E-state index contributed by atoms with van der Waals surface area (Å²) in [6.45, 7) is 4.88. The van der Waals surface area contributed by atoms with Crippen molar-refractivity contribution in [3.63, 3.8) is 0 Å². The summed E-state index contributed by atoms with van der Waals surface area (Å²) in [5.41, 5.74) is 2.07. The molecule has 1 aromatic carbocycles. The minimum Gasteiger partial charge on any atom is -0.380 e. The normalized spacial score (nSPS) is 12.7. The third-order valence-corrected chi connectivity index (χ3v) is 2.73. The van der Waals surface area contributed by atoms with Gasteiger partial charge < -0.3 is 9.67 Å². The average Bonchev–Trinajstić information content (AvgIpc) is 2.77. The van der Waals surface area contributed by atoms with Gasteiger partial charge in [-0.2, -0.15) is 0 Å². The predicted octanol–water partition coefficient (Wildman–Crippen LogP) is 2.29. The Labute approximate surface area is 95.4 Å². The van der Waals surface area contributed by atoms with E-state index in [1.54, 1.807) is 6.20 Å². The number of hydrogen-bond acceptors (Lipinski definition) is 2. The maximum absolute atomic E-state index is 10.2. The summed E-state index contributed by atoms with van der Waals surface area (Å²) in [5.74, 6) is 0.700. The Hall–Kier alpha value is -1.61. The standard InChI is InChI=1S/C13H16N2O/c1-3-15-9-8-14-13(15)12(16)11-6-4-10(2)5-7-11/h4-9,12,16H,3H2,1-2H3. The number of nitrogens with zero attached hydrogens (tertiary/aromatic N) is 2. The van der Waals surface area contributed by atoms with E-state index in [0.29, 0.717) is 5.82 Å². The lowest BCUT2D eigenvalue weighted by molar-refractivity contribution is 0.205. The van der Waals surface area contributed by atoms with Gasteiger partial charge in [0.2, 0.25) is 0 Å². The molecule has 0 fully saturated rings. The van der Waals surface area contributed by atoms with Crippen LogP contribution in [0.3, 0.4) is 0 Å². The van der Waals surface area contributed by atoms with E-state index in [9.17, 15) is 5.11 Å². The zero-order chi connectivity index (χ0) is 11.5. The first-order valence-electron chi connectivity index (χ1n) is 5.48. The first kappa shape index (κ1) is 10.9.